The van der Waals surface area contributed by atoms with E-state index in [1.165, 1.54) is 43.4 Å². The van der Waals surface area contributed by atoms with Crippen molar-refractivity contribution < 1.29 is 9.84 Å². The molecule has 4 heteroatoms. The van der Waals surface area contributed by atoms with E-state index < -0.39 is 0 Å². The predicted octanol–water partition coefficient (Wildman–Crippen LogP) is 3.51. The van der Waals surface area contributed by atoms with Gasteiger partial charge in [0.25, 0.3) is 0 Å². The fourth-order valence-electron chi connectivity index (χ4n) is 4.34. The molecule has 1 aromatic rings. The van der Waals surface area contributed by atoms with Crippen molar-refractivity contribution in [2.75, 3.05) is 37.8 Å². The number of hydrogen-bond acceptors (Lipinski definition) is 4. The third kappa shape index (κ3) is 5.19. The lowest BCUT2D eigenvalue weighted by Gasteiger charge is -2.33. The number of benzene rings is 1. The van der Waals surface area contributed by atoms with Crippen molar-refractivity contribution in [3.05, 3.63) is 29.8 Å². The minimum atomic E-state index is 0.275. The molecule has 1 aliphatic carbocycles. The Hall–Kier alpha value is -1.10. The van der Waals surface area contributed by atoms with E-state index >= 15 is 0 Å². The lowest BCUT2D eigenvalue weighted by Crippen LogP contribution is -2.39. The van der Waals surface area contributed by atoms with Crippen molar-refractivity contribution in [1.82, 2.24) is 5.32 Å². The highest BCUT2D eigenvalue weighted by Gasteiger charge is 2.24. The second kappa shape index (κ2) is 9.56. The first-order valence-electron chi connectivity index (χ1n) is 10.1. The third-order valence-electron chi connectivity index (χ3n) is 5.89. The summed E-state index contributed by atoms with van der Waals surface area (Å²) in [4.78, 5) is 2.39. The van der Waals surface area contributed by atoms with Gasteiger partial charge in [0.1, 0.15) is 0 Å². The van der Waals surface area contributed by atoms with Gasteiger partial charge < -0.3 is 20.1 Å². The number of nitrogens with one attached hydrogen (secondary N) is 1. The Morgan fingerprint density at radius 2 is 1.80 bits per heavy atom. The monoisotopic (exact) mass is 346 g/mol. The molecule has 0 amide bonds. The van der Waals surface area contributed by atoms with Crippen molar-refractivity contribution in [3.63, 3.8) is 0 Å². The number of anilines is 1. The molecule has 0 radical (unpaired) electrons. The van der Waals surface area contributed by atoms with E-state index in [0.29, 0.717) is 12.1 Å². The molecule has 2 aliphatic rings. The average Bonchev–Trinajstić information content (AvgIpc) is 2.69. The fourth-order valence-corrected chi connectivity index (χ4v) is 4.34. The number of nitrogens with zero attached hydrogens (tertiary/aromatic N) is 1. The fraction of sp³-hybridized carbons (Fsp3) is 0.714. The summed E-state index contributed by atoms with van der Waals surface area (Å²) >= 11 is 0. The van der Waals surface area contributed by atoms with Gasteiger partial charge in [-0.05, 0) is 49.8 Å². The van der Waals surface area contributed by atoms with Crippen molar-refractivity contribution in [2.24, 2.45) is 5.92 Å². The van der Waals surface area contributed by atoms with Gasteiger partial charge in [-0.15, -0.1) is 0 Å². The summed E-state index contributed by atoms with van der Waals surface area (Å²) in [6.07, 6.45) is 7.54. The molecule has 1 aliphatic heterocycles. The normalized spacial score (nSPS) is 21.9. The van der Waals surface area contributed by atoms with Crippen LogP contribution in [-0.4, -0.2) is 44.1 Å². The second-order valence-corrected chi connectivity index (χ2v) is 7.60. The first kappa shape index (κ1) is 18.7. The zero-order chi connectivity index (χ0) is 17.5. The van der Waals surface area contributed by atoms with Crippen LogP contribution in [0.4, 0.5) is 5.69 Å². The van der Waals surface area contributed by atoms with E-state index in [1.54, 1.807) is 0 Å². The Morgan fingerprint density at radius 1 is 1.12 bits per heavy atom. The van der Waals surface area contributed by atoms with Crippen molar-refractivity contribution in [2.45, 2.75) is 57.5 Å². The highest BCUT2D eigenvalue weighted by atomic mass is 16.5. The first-order chi connectivity index (χ1) is 12.3. The molecule has 0 spiro atoms. The van der Waals surface area contributed by atoms with Crippen LogP contribution in [0.15, 0.2) is 24.3 Å². The number of aliphatic hydroxyl groups is 1. The molecule has 3 rings (SSSR count). The van der Waals surface area contributed by atoms with Crippen molar-refractivity contribution in [3.8, 4) is 0 Å². The Balaban J connectivity index is 1.59. The lowest BCUT2D eigenvalue weighted by atomic mass is 9.82. The molecule has 2 N–H and O–H groups in total. The molecule has 1 saturated heterocycles. The zero-order valence-electron chi connectivity index (χ0n) is 15.6. The molecule has 2 fully saturated rings. The predicted molar refractivity (Wildman–Crippen MR) is 103 cm³/mol. The summed E-state index contributed by atoms with van der Waals surface area (Å²) < 4.78 is 5.44. The smallest absolute Gasteiger partial charge is 0.0642 e. The minimum Gasteiger partial charge on any atom is -0.396 e. The Morgan fingerprint density at radius 3 is 2.44 bits per heavy atom. The Labute approximate surface area is 152 Å². The molecule has 1 aromatic carbocycles. The highest BCUT2D eigenvalue weighted by Crippen LogP contribution is 2.29. The summed E-state index contributed by atoms with van der Waals surface area (Å²) in [5.74, 6) is 0.718. The molecule has 140 valence electrons. The molecule has 25 heavy (non-hydrogen) atoms. The van der Waals surface area contributed by atoms with E-state index in [9.17, 15) is 5.11 Å². The number of morpholine rings is 1. The topological polar surface area (TPSA) is 44.7 Å². The summed E-state index contributed by atoms with van der Waals surface area (Å²) in [5, 5.41) is 13.3. The Bertz CT molecular complexity index is 493. The minimum absolute atomic E-state index is 0.275. The molecule has 2 atom stereocenters. The maximum absolute atomic E-state index is 9.48. The average molecular weight is 347 g/mol. The molecular weight excluding hydrogens is 312 g/mol. The van der Waals surface area contributed by atoms with Crippen LogP contribution in [0.3, 0.4) is 0 Å². The van der Waals surface area contributed by atoms with Gasteiger partial charge in [-0.2, -0.15) is 0 Å². The summed E-state index contributed by atoms with van der Waals surface area (Å²) in [6, 6.07) is 9.72. The van der Waals surface area contributed by atoms with Gasteiger partial charge in [0.15, 0.2) is 0 Å². The van der Waals surface area contributed by atoms with Crippen LogP contribution < -0.4 is 10.2 Å². The maximum atomic E-state index is 9.48. The van der Waals surface area contributed by atoms with E-state index in [-0.39, 0.29) is 6.61 Å². The van der Waals surface area contributed by atoms with Crippen LogP contribution in [0.2, 0.25) is 0 Å². The maximum Gasteiger partial charge on any atom is 0.0642 e. The van der Waals surface area contributed by atoms with Gasteiger partial charge in [0.05, 0.1) is 13.2 Å². The quantitative estimate of drug-likeness (QED) is 0.793. The SMILES string of the molecule is CC(NC(CCO)C1CCCCC1)c1ccc(N2CCOCC2)cc1. The number of rotatable bonds is 7. The van der Waals surface area contributed by atoms with E-state index in [4.69, 9.17) is 4.74 Å². The number of hydrogen-bond donors (Lipinski definition) is 2. The Kier molecular flexibility index (Phi) is 7.14. The van der Waals surface area contributed by atoms with Crippen molar-refractivity contribution in [1.29, 1.82) is 0 Å². The lowest BCUT2D eigenvalue weighted by molar-refractivity contribution is 0.122. The standard InChI is InChI=1S/C21H34N2O2/c1-17(22-21(11-14-24)19-5-3-2-4-6-19)18-7-9-20(10-8-18)23-12-15-25-16-13-23/h7-10,17,19,21-22,24H,2-6,11-16H2,1H3. The molecule has 4 nitrogen and oxygen atoms in total. The van der Waals surface area contributed by atoms with Gasteiger partial charge in [-0.1, -0.05) is 31.4 Å². The highest BCUT2D eigenvalue weighted by molar-refractivity contribution is 5.48. The van der Waals surface area contributed by atoms with Gasteiger partial charge in [-0.25, -0.2) is 0 Å². The van der Waals surface area contributed by atoms with Crippen LogP contribution in [0.25, 0.3) is 0 Å². The molecule has 0 aromatic heterocycles. The third-order valence-corrected chi connectivity index (χ3v) is 5.89. The number of ether oxygens (including phenoxy) is 1. The molecule has 1 saturated carbocycles. The van der Waals surface area contributed by atoms with Gasteiger partial charge in [-0.3, -0.25) is 0 Å². The summed E-state index contributed by atoms with van der Waals surface area (Å²) in [7, 11) is 0. The second-order valence-electron chi connectivity index (χ2n) is 7.60. The largest absolute Gasteiger partial charge is 0.396 e. The van der Waals surface area contributed by atoms with E-state index in [1.807, 2.05) is 0 Å². The summed E-state index contributed by atoms with van der Waals surface area (Å²) in [5.41, 5.74) is 2.62. The van der Waals surface area contributed by atoms with Gasteiger partial charge in [0, 0.05) is 37.5 Å². The van der Waals surface area contributed by atoms with Crippen LogP contribution in [-0.2, 0) is 4.74 Å². The first-order valence-corrected chi connectivity index (χ1v) is 10.1. The van der Waals surface area contributed by atoms with Crippen LogP contribution in [0.1, 0.15) is 57.1 Å². The molecular formula is C21H34N2O2. The van der Waals surface area contributed by atoms with Gasteiger partial charge in [0.2, 0.25) is 0 Å². The molecule has 2 unspecified atom stereocenters. The van der Waals surface area contributed by atoms with E-state index in [0.717, 1.165) is 38.6 Å². The number of aliphatic hydroxyl groups excluding tert-OH is 1. The van der Waals surface area contributed by atoms with Gasteiger partial charge >= 0.3 is 0 Å². The van der Waals surface area contributed by atoms with Crippen LogP contribution in [0.5, 0.6) is 0 Å². The molecule has 1 heterocycles. The zero-order valence-corrected chi connectivity index (χ0v) is 15.6. The van der Waals surface area contributed by atoms with Crippen molar-refractivity contribution >= 4 is 5.69 Å². The van der Waals surface area contributed by atoms with Crippen LogP contribution in [0, 0.1) is 5.92 Å². The summed E-state index contributed by atoms with van der Waals surface area (Å²) in [6.45, 7) is 6.13. The van der Waals surface area contributed by atoms with E-state index in [2.05, 4.69) is 41.4 Å². The molecule has 0 bridgehead atoms. The van der Waals surface area contributed by atoms with Crippen LogP contribution >= 0.6 is 0 Å².